The molecule has 0 spiro atoms. The number of aromatic nitrogens is 3. The summed E-state index contributed by atoms with van der Waals surface area (Å²) in [6.45, 7) is 4.42. The normalized spacial score (nSPS) is 10.2. The van der Waals surface area contributed by atoms with Crippen LogP contribution in [0.15, 0.2) is 46.5 Å². The van der Waals surface area contributed by atoms with E-state index >= 15 is 0 Å². The van der Waals surface area contributed by atoms with Gasteiger partial charge in [-0.05, 0) is 12.1 Å². The van der Waals surface area contributed by atoms with E-state index < -0.39 is 0 Å². The zero-order valence-corrected chi connectivity index (χ0v) is 13.2. The summed E-state index contributed by atoms with van der Waals surface area (Å²) in [7, 11) is 0. The van der Waals surface area contributed by atoms with Crippen LogP contribution in [0.2, 0.25) is 0 Å². The van der Waals surface area contributed by atoms with Gasteiger partial charge in [-0.15, -0.1) is 16.8 Å². The molecule has 0 saturated carbocycles. The molecule has 0 saturated heterocycles. The molecule has 0 bridgehead atoms. The van der Waals surface area contributed by atoms with E-state index in [1.165, 1.54) is 0 Å². The number of thioether (sulfide) groups is 1. The Morgan fingerprint density at radius 1 is 1.35 bits per heavy atom. The summed E-state index contributed by atoms with van der Waals surface area (Å²) in [5.74, 6) is 1.53. The second-order valence-corrected chi connectivity index (χ2v) is 5.95. The molecule has 1 heterocycles. The van der Waals surface area contributed by atoms with E-state index in [1.54, 1.807) is 11.8 Å². The van der Waals surface area contributed by atoms with E-state index in [-0.39, 0.29) is 0 Å². The highest BCUT2D eigenvalue weighted by atomic mass is 79.9. The van der Waals surface area contributed by atoms with Crippen molar-refractivity contribution in [3.05, 3.63) is 41.4 Å². The van der Waals surface area contributed by atoms with Crippen molar-refractivity contribution in [2.24, 2.45) is 0 Å². The minimum Gasteiger partial charge on any atom is -0.298 e. The second-order valence-electron chi connectivity index (χ2n) is 3.97. The third-order valence-corrected chi connectivity index (χ3v) is 4.07. The van der Waals surface area contributed by atoms with Crippen molar-refractivity contribution in [3.63, 3.8) is 0 Å². The number of rotatable bonds is 6. The maximum absolute atomic E-state index is 8.60. The molecule has 0 aliphatic carbocycles. The van der Waals surface area contributed by atoms with Crippen LogP contribution in [-0.4, -0.2) is 20.5 Å². The molecule has 0 aliphatic rings. The Morgan fingerprint density at radius 2 is 2.10 bits per heavy atom. The molecule has 102 valence electrons. The zero-order chi connectivity index (χ0) is 14.4. The molecule has 4 nitrogen and oxygen atoms in total. The molecule has 0 N–H and O–H groups in total. The molecule has 1 aromatic carbocycles. The number of allylic oxidation sites excluding steroid dienone is 1. The fourth-order valence-corrected chi connectivity index (χ4v) is 2.75. The van der Waals surface area contributed by atoms with Crippen molar-refractivity contribution in [2.75, 3.05) is 5.75 Å². The Morgan fingerprint density at radius 3 is 2.75 bits per heavy atom. The van der Waals surface area contributed by atoms with Gasteiger partial charge in [-0.2, -0.15) is 5.26 Å². The minimum absolute atomic E-state index is 0.499. The van der Waals surface area contributed by atoms with Crippen LogP contribution in [0.1, 0.15) is 6.42 Å². The average Bonchev–Trinajstić information content (AvgIpc) is 2.84. The Hall–Kier alpha value is -1.58. The average molecular weight is 349 g/mol. The van der Waals surface area contributed by atoms with Crippen molar-refractivity contribution in [1.82, 2.24) is 14.8 Å². The molecular weight excluding hydrogens is 336 g/mol. The highest BCUT2D eigenvalue weighted by molar-refractivity contribution is 9.10. The molecule has 2 aromatic rings. The molecule has 1 aromatic heterocycles. The minimum atomic E-state index is 0.499. The SMILES string of the molecule is C=CCn1c(SCCC#N)nnc1-c1ccc(Br)cc1. The van der Waals surface area contributed by atoms with E-state index in [0.29, 0.717) is 18.7 Å². The summed E-state index contributed by atoms with van der Waals surface area (Å²) < 4.78 is 3.04. The molecular formula is C14H13BrN4S. The summed E-state index contributed by atoms with van der Waals surface area (Å²) in [6.07, 6.45) is 2.32. The van der Waals surface area contributed by atoms with Gasteiger partial charge in [-0.3, -0.25) is 4.57 Å². The lowest BCUT2D eigenvalue weighted by molar-refractivity contribution is 0.731. The van der Waals surface area contributed by atoms with Gasteiger partial charge in [0.15, 0.2) is 11.0 Å². The first-order valence-corrected chi connectivity index (χ1v) is 7.84. The standard InChI is InChI=1S/C14H13BrN4S/c1-2-9-19-13(11-4-6-12(15)7-5-11)17-18-14(19)20-10-3-8-16/h2,4-7H,1,3,9-10H2. The largest absolute Gasteiger partial charge is 0.298 e. The molecule has 0 aliphatic heterocycles. The zero-order valence-electron chi connectivity index (χ0n) is 10.8. The summed E-state index contributed by atoms with van der Waals surface area (Å²) in [6, 6.07) is 10.1. The maximum Gasteiger partial charge on any atom is 0.191 e. The first-order chi connectivity index (χ1) is 9.76. The van der Waals surface area contributed by atoms with Crippen LogP contribution in [-0.2, 0) is 6.54 Å². The van der Waals surface area contributed by atoms with Crippen molar-refractivity contribution < 1.29 is 0 Å². The molecule has 0 unspecified atom stereocenters. The lowest BCUT2D eigenvalue weighted by Crippen LogP contribution is -2.00. The summed E-state index contributed by atoms with van der Waals surface area (Å²) in [5, 5.41) is 17.9. The van der Waals surface area contributed by atoms with Crippen LogP contribution in [0.4, 0.5) is 0 Å². The number of hydrogen-bond donors (Lipinski definition) is 0. The van der Waals surface area contributed by atoms with E-state index in [4.69, 9.17) is 5.26 Å². The van der Waals surface area contributed by atoms with Gasteiger partial charge < -0.3 is 0 Å². The van der Waals surface area contributed by atoms with Gasteiger partial charge >= 0.3 is 0 Å². The Kier molecular flexibility index (Phi) is 5.39. The van der Waals surface area contributed by atoms with Crippen LogP contribution < -0.4 is 0 Å². The van der Waals surface area contributed by atoms with Crippen LogP contribution in [0, 0.1) is 11.3 Å². The lowest BCUT2D eigenvalue weighted by atomic mass is 10.2. The van der Waals surface area contributed by atoms with Crippen molar-refractivity contribution in [1.29, 1.82) is 5.26 Å². The van der Waals surface area contributed by atoms with Crippen LogP contribution in [0.3, 0.4) is 0 Å². The van der Waals surface area contributed by atoms with Crippen LogP contribution in [0.5, 0.6) is 0 Å². The third kappa shape index (κ3) is 3.50. The molecule has 0 atom stereocenters. The highest BCUT2D eigenvalue weighted by Crippen LogP contribution is 2.25. The monoisotopic (exact) mass is 348 g/mol. The van der Waals surface area contributed by atoms with Crippen LogP contribution in [0.25, 0.3) is 11.4 Å². The molecule has 6 heteroatoms. The van der Waals surface area contributed by atoms with Crippen molar-refractivity contribution in [2.45, 2.75) is 18.1 Å². The Labute approximate surface area is 130 Å². The molecule has 0 radical (unpaired) electrons. The van der Waals surface area contributed by atoms with E-state index in [1.807, 2.05) is 34.9 Å². The number of nitrogens with zero attached hydrogens (tertiary/aromatic N) is 4. The molecule has 20 heavy (non-hydrogen) atoms. The van der Waals surface area contributed by atoms with E-state index in [2.05, 4.69) is 38.8 Å². The number of hydrogen-bond acceptors (Lipinski definition) is 4. The number of benzene rings is 1. The lowest BCUT2D eigenvalue weighted by Gasteiger charge is -2.07. The van der Waals surface area contributed by atoms with Gasteiger partial charge in [-0.1, -0.05) is 45.9 Å². The van der Waals surface area contributed by atoms with Crippen LogP contribution >= 0.6 is 27.7 Å². The Balaban J connectivity index is 2.31. The predicted octanol–water partition coefficient (Wildman–Crippen LogP) is 3.90. The van der Waals surface area contributed by atoms with E-state index in [9.17, 15) is 0 Å². The predicted molar refractivity (Wildman–Crippen MR) is 84.3 cm³/mol. The van der Waals surface area contributed by atoms with Crippen molar-refractivity contribution >= 4 is 27.7 Å². The highest BCUT2D eigenvalue weighted by Gasteiger charge is 2.13. The fourth-order valence-electron chi connectivity index (χ4n) is 1.69. The molecule has 0 fully saturated rings. The second kappa shape index (κ2) is 7.27. The molecule has 0 amide bonds. The van der Waals surface area contributed by atoms with Gasteiger partial charge in [0.05, 0.1) is 6.07 Å². The quantitative estimate of drug-likeness (QED) is 0.451. The topological polar surface area (TPSA) is 54.5 Å². The van der Waals surface area contributed by atoms with Gasteiger partial charge in [0.25, 0.3) is 0 Å². The summed E-state index contributed by atoms with van der Waals surface area (Å²) >= 11 is 4.96. The first kappa shape index (κ1) is 14.8. The third-order valence-electron chi connectivity index (χ3n) is 2.58. The van der Waals surface area contributed by atoms with Gasteiger partial charge in [0.1, 0.15) is 0 Å². The van der Waals surface area contributed by atoms with Gasteiger partial charge in [-0.25, -0.2) is 0 Å². The van der Waals surface area contributed by atoms with E-state index in [0.717, 1.165) is 21.0 Å². The molecule has 2 rings (SSSR count). The van der Waals surface area contributed by atoms with Gasteiger partial charge in [0, 0.05) is 28.8 Å². The first-order valence-electron chi connectivity index (χ1n) is 6.06. The fraction of sp³-hybridized carbons (Fsp3) is 0.214. The van der Waals surface area contributed by atoms with Crippen molar-refractivity contribution in [3.8, 4) is 17.5 Å². The van der Waals surface area contributed by atoms with Gasteiger partial charge in [0.2, 0.25) is 0 Å². The maximum atomic E-state index is 8.60. The summed E-state index contributed by atoms with van der Waals surface area (Å²) in [4.78, 5) is 0. The Bertz CT molecular complexity index is 628. The summed E-state index contributed by atoms with van der Waals surface area (Å²) in [5.41, 5.74) is 1.01. The smallest absolute Gasteiger partial charge is 0.191 e. The number of halogens is 1. The number of nitriles is 1.